The zero-order valence-electron chi connectivity index (χ0n) is 20.4. The number of ether oxygens (including phenoxy) is 1. The van der Waals surface area contributed by atoms with Crippen molar-refractivity contribution in [3.05, 3.63) is 89.5 Å². The van der Waals surface area contributed by atoms with Crippen LogP contribution in [0.25, 0.3) is 0 Å². The van der Waals surface area contributed by atoms with Crippen molar-refractivity contribution in [2.24, 2.45) is 11.0 Å². The fraction of sp³-hybridized carbons (Fsp3) is 0.111. The molecule has 11 heteroatoms. The number of amides is 6. The molecule has 1 aliphatic heterocycles. The predicted molar refractivity (Wildman–Crippen MR) is 139 cm³/mol. The van der Waals surface area contributed by atoms with E-state index in [1.807, 2.05) is 13.0 Å². The molecule has 4 rings (SSSR count). The summed E-state index contributed by atoms with van der Waals surface area (Å²) in [5, 5.41) is 8.59. The van der Waals surface area contributed by atoms with Crippen LogP contribution in [0.1, 0.15) is 26.3 Å². The van der Waals surface area contributed by atoms with Crippen LogP contribution in [0, 0.1) is 12.8 Å². The molecule has 3 aromatic rings. The predicted octanol–water partition coefficient (Wildman–Crippen LogP) is 2.87. The molecule has 38 heavy (non-hydrogen) atoms. The maximum atomic E-state index is 13.0. The Kier molecular flexibility index (Phi) is 7.57. The van der Waals surface area contributed by atoms with Gasteiger partial charge in [0.25, 0.3) is 17.7 Å². The van der Waals surface area contributed by atoms with Crippen LogP contribution >= 0.6 is 0 Å². The van der Waals surface area contributed by atoms with Gasteiger partial charge in [-0.25, -0.2) is 15.1 Å². The quantitative estimate of drug-likeness (QED) is 0.252. The molecule has 0 saturated carbocycles. The molecule has 192 valence electrons. The fourth-order valence-corrected chi connectivity index (χ4v) is 3.69. The van der Waals surface area contributed by atoms with Gasteiger partial charge in [0.1, 0.15) is 5.75 Å². The zero-order chi connectivity index (χ0) is 27.2. The monoisotopic (exact) mass is 513 g/mol. The topological polar surface area (TPSA) is 146 Å². The molecule has 0 radical (unpaired) electrons. The van der Waals surface area contributed by atoms with E-state index in [1.165, 1.54) is 25.3 Å². The van der Waals surface area contributed by atoms with Gasteiger partial charge in [0.2, 0.25) is 5.91 Å². The molecule has 1 fully saturated rings. The van der Waals surface area contributed by atoms with E-state index >= 15 is 0 Å². The number of hydrogen-bond donors (Lipinski definition) is 3. The summed E-state index contributed by atoms with van der Waals surface area (Å²) in [5.74, 6) is -3.83. The van der Waals surface area contributed by atoms with Crippen molar-refractivity contribution in [2.45, 2.75) is 6.92 Å². The number of aryl methyl sites for hydroxylation is 1. The highest BCUT2D eigenvalue weighted by Gasteiger charge is 2.41. The maximum absolute atomic E-state index is 13.0. The van der Waals surface area contributed by atoms with E-state index < -0.39 is 29.7 Å². The first-order valence-corrected chi connectivity index (χ1v) is 11.4. The van der Waals surface area contributed by atoms with Gasteiger partial charge < -0.3 is 10.1 Å². The summed E-state index contributed by atoms with van der Waals surface area (Å²) in [6.07, 6.45) is 0.945. The van der Waals surface area contributed by atoms with Crippen LogP contribution in [0.2, 0.25) is 0 Å². The standard InChI is InChI=1S/C27H23N5O6/c1-16-6-5-7-18(14-16)23(33)29-19-12-10-17(11-13-19)24(34)31-28-15-20-25(35)30-27(37)32(26(20)36)21-8-3-4-9-22(21)38-2/h3-15,20H,1-2H3,(H,29,33)(H,31,34)(H,30,35,37)/b28-15-/t20-/m1/s1. The summed E-state index contributed by atoms with van der Waals surface area (Å²) in [6, 6.07) is 18.6. The Balaban J connectivity index is 1.40. The SMILES string of the molecule is COc1ccccc1N1C(=O)NC(=O)[C@@H](/C=N\NC(=O)c2ccc(NC(=O)c3cccc(C)c3)cc2)C1=O. The lowest BCUT2D eigenvalue weighted by Crippen LogP contribution is -2.58. The molecule has 1 heterocycles. The van der Waals surface area contributed by atoms with Gasteiger partial charge in [0.15, 0.2) is 5.92 Å². The summed E-state index contributed by atoms with van der Waals surface area (Å²) in [6.45, 7) is 1.89. The second-order valence-electron chi connectivity index (χ2n) is 8.24. The van der Waals surface area contributed by atoms with E-state index in [1.54, 1.807) is 48.5 Å². The van der Waals surface area contributed by atoms with E-state index in [2.05, 4.69) is 21.2 Å². The van der Waals surface area contributed by atoms with Crippen molar-refractivity contribution >= 4 is 47.2 Å². The molecule has 1 saturated heterocycles. The molecule has 3 N–H and O–H groups in total. The Morgan fingerprint density at radius 3 is 2.39 bits per heavy atom. The number of hydrazone groups is 1. The van der Waals surface area contributed by atoms with Gasteiger partial charge in [-0.2, -0.15) is 5.10 Å². The minimum absolute atomic E-state index is 0.155. The average molecular weight is 514 g/mol. The number of carbonyl (C=O) groups excluding carboxylic acids is 5. The maximum Gasteiger partial charge on any atom is 0.335 e. The first-order chi connectivity index (χ1) is 18.3. The number of nitrogens with zero attached hydrogens (tertiary/aromatic N) is 2. The highest BCUT2D eigenvalue weighted by atomic mass is 16.5. The molecule has 0 bridgehead atoms. The van der Waals surface area contributed by atoms with Gasteiger partial charge in [0.05, 0.1) is 12.8 Å². The van der Waals surface area contributed by atoms with Gasteiger partial charge >= 0.3 is 6.03 Å². The molecule has 1 atom stereocenters. The molecule has 0 aliphatic carbocycles. The third-order valence-electron chi connectivity index (χ3n) is 5.60. The summed E-state index contributed by atoms with van der Waals surface area (Å²) in [7, 11) is 1.38. The van der Waals surface area contributed by atoms with Gasteiger partial charge in [-0.3, -0.25) is 24.5 Å². The number of barbiturate groups is 1. The molecule has 11 nitrogen and oxygen atoms in total. The number of anilines is 2. The highest BCUT2D eigenvalue weighted by molar-refractivity contribution is 6.33. The molecule has 6 amide bonds. The van der Waals surface area contributed by atoms with E-state index in [0.29, 0.717) is 11.3 Å². The van der Waals surface area contributed by atoms with Crippen LogP contribution < -0.4 is 25.7 Å². The van der Waals surface area contributed by atoms with Crippen molar-refractivity contribution in [1.82, 2.24) is 10.7 Å². The Morgan fingerprint density at radius 2 is 1.68 bits per heavy atom. The van der Waals surface area contributed by atoms with Gasteiger partial charge in [0, 0.05) is 23.0 Å². The molecule has 3 aromatic carbocycles. The minimum atomic E-state index is -1.46. The molecule has 0 spiro atoms. The van der Waals surface area contributed by atoms with Gasteiger partial charge in [-0.15, -0.1) is 0 Å². The number of carbonyl (C=O) groups is 5. The lowest BCUT2D eigenvalue weighted by atomic mass is 10.1. The van der Waals surface area contributed by atoms with Crippen LogP contribution in [0.15, 0.2) is 77.9 Å². The second kappa shape index (κ2) is 11.2. The van der Waals surface area contributed by atoms with Crippen molar-refractivity contribution in [3.63, 3.8) is 0 Å². The number of methoxy groups -OCH3 is 1. The van der Waals surface area contributed by atoms with Crippen LogP contribution in [-0.4, -0.2) is 43.0 Å². The number of urea groups is 1. The Hall–Kier alpha value is -5.32. The van der Waals surface area contributed by atoms with E-state index in [-0.39, 0.29) is 22.9 Å². The zero-order valence-corrected chi connectivity index (χ0v) is 20.4. The molecule has 0 aromatic heterocycles. The Morgan fingerprint density at radius 1 is 0.947 bits per heavy atom. The number of imide groups is 2. The number of benzene rings is 3. The summed E-state index contributed by atoms with van der Waals surface area (Å²) < 4.78 is 5.20. The lowest BCUT2D eigenvalue weighted by molar-refractivity contribution is -0.131. The summed E-state index contributed by atoms with van der Waals surface area (Å²) in [5.41, 5.74) is 4.58. The molecule has 0 unspecified atom stereocenters. The smallest absolute Gasteiger partial charge is 0.335 e. The third-order valence-corrected chi connectivity index (χ3v) is 5.60. The van der Waals surface area contributed by atoms with E-state index in [4.69, 9.17) is 4.74 Å². The highest BCUT2D eigenvalue weighted by Crippen LogP contribution is 2.30. The number of nitrogens with one attached hydrogen (secondary N) is 3. The Labute approximate surface area is 217 Å². The summed E-state index contributed by atoms with van der Waals surface area (Å²) in [4.78, 5) is 63.3. The van der Waals surface area contributed by atoms with Crippen LogP contribution in [0.3, 0.4) is 0 Å². The number of para-hydroxylation sites is 2. The van der Waals surface area contributed by atoms with Crippen LogP contribution in [0.5, 0.6) is 5.75 Å². The number of hydrogen-bond acceptors (Lipinski definition) is 7. The first kappa shape index (κ1) is 25.8. The van der Waals surface area contributed by atoms with Crippen molar-refractivity contribution in [2.75, 3.05) is 17.3 Å². The largest absolute Gasteiger partial charge is 0.495 e. The number of rotatable bonds is 7. The fourth-order valence-electron chi connectivity index (χ4n) is 3.69. The average Bonchev–Trinajstić information content (AvgIpc) is 2.91. The second-order valence-corrected chi connectivity index (χ2v) is 8.24. The van der Waals surface area contributed by atoms with Crippen LogP contribution in [-0.2, 0) is 9.59 Å². The first-order valence-electron chi connectivity index (χ1n) is 11.4. The Bertz CT molecular complexity index is 1450. The molecular formula is C27H23N5O6. The van der Waals surface area contributed by atoms with Crippen LogP contribution in [0.4, 0.5) is 16.2 Å². The van der Waals surface area contributed by atoms with E-state index in [0.717, 1.165) is 16.7 Å². The molecular weight excluding hydrogens is 490 g/mol. The third kappa shape index (κ3) is 5.57. The van der Waals surface area contributed by atoms with E-state index in [9.17, 15) is 24.0 Å². The van der Waals surface area contributed by atoms with Gasteiger partial charge in [-0.05, 0) is 55.5 Å². The molecule has 1 aliphatic rings. The van der Waals surface area contributed by atoms with Crippen molar-refractivity contribution in [1.29, 1.82) is 0 Å². The van der Waals surface area contributed by atoms with Crippen molar-refractivity contribution in [3.8, 4) is 5.75 Å². The van der Waals surface area contributed by atoms with Gasteiger partial charge in [-0.1, -0.05) is 29.8 Å². The lowest BCUT2D eigenvalue weighted by Gasteiger charge is -2.29. The van der Waals surface area contributed by atoms with Crippen molar-refractivity contribution < 1.29 is 28.7 Å². The normalized spacial score (nSPS) is 15.3. The minimum Gasteiger partial charge on any atom is -0.495 e. The summed E-state index contributed by atoms with van der Waals surface area (Å²) >= 11 is 0.